The van der Waals surface area contributed by atoms with E-state index in [0.29, 0.717) is 11.8 Å². The van der Waals surface area contributed by atoms with Gasteiger partial charge in [-0.25, -0.2) is 0 Å². The Morgan fingerprint density at radius 2 is 2.17 bits per heavy atom. The van der Waals surface area contributed by atoms with E-state index in [2.05, 4.69) is 13.8 Å². The first kappa shape index (κ1) is 9.52. The van der Waals surface area contributed by atoms with Gasteiger partial charge in [0.05, 0.1) is 6.42 Å². The molecule has 0 bridgehead atoms. The molecule has 0 amide bonds. The van der Waals surface area contributed by atoms with Crippen molar-refractivity contribution in [3.8, 4) is 0 Å². The van der Waals surface area contributed by atoms with Gasteiger partial charge in [-0.1, -0.05) is 13.8 Å². The van der Waals surface area contributed by atoms with Crippen molar-refractivity contribution in [1.82, 2.24) is 0 Å². The minimum absolute atomic E-state index is 0.121. The fourth-order valence-electron chi connectivity index (χ4n) is 1.90. The van der Waals surface area contributed by atoms with Crippen molar-refractivity contribution in [2.75, 3.05) is 0 Å². The van der Waals surface area contributed by atoms with E-state index in [1.54, 1.807) is 0 Å². The molecular formula is C9H17NO2. The summed E-state index contributed by atoms with van der Waals surface area (Å²) in [5.74, 6) is 0.490. The topological polar surface area (TPSA) is 63.3 Å². The number of carbonyl (C=O) groups is 1. The van der Waals surface area contributed by atoms with Gasteiger partial charge in [0.25, 0.3) is 0 Å². The largest absolute Gasteiger partial charge is 0.481 e. The van der Waals surface area contributed by atoms with E-state index < -0.39 is 11.5 Å². The zero-order valence-corrected chi connectivity index (χ0v) is 7.71. The third-order valence-electron chi connectivity index (χ3n) is 2.78. The van der Waals surface area contributed by atoms with E-state index >= 15 is 0 Å². The average molecular weight is 171 g/mol. The van der Waals surface area contributed by atoms with Gasteiger partial charge in [0.1, 0.15) is 0 Å². The van der Waals surface area contributed by atoms with E-state index in [1.165, 1.54) is 0 Å². The molecule has 0 spiro atoms. The Balaban J connectivity index is 2.35. The smallest absolute Gasteiger partial charge is 0.305 e. The lowest BCUT2D eigenvalue weighted by Crippen LogP contribution is -2.54. The fraction of sp³-hybridized carbons (Fsp3) is 0.889. The second-order valence-electron chi connectivity index (χ2n) is 4.35. The molecule has 0 saturated heterocycles. The highest BCUT2D eigenvalue weighted by Crippen LogP contribution is 2.42. The molecule has 1 rings (SSSR count). The Morgan fingerprint density at radius 3 is 2.50 bits per heavy atom. The molecule has 0 aromatic rings. The van der Waals surface area contributed by atoms with Crippen molar-refractivity contribution in [2.24, 2.45) is 17.6 Å². The summed E-state index contributed by atoms with van der Waals surface area (Å²) in [7, 11) is 0. The zero-order valence-electron chi connectivity index (χ0n) is 7.71. The van der Waals surface area contributed by atoms with Gasteiger partial charge in [-0.05, 0) is 24.7 Å². The van der Waals surface area contributed by atoms with Crippen LogP contribution in [-0.4, -0.2) is 16.6 Å². The monoisotopic (exact) mass is 171 g/mol. The van der Waals surface area contributed by atoms with Crippen LogP contribution in [0.3, 0.4) is 0 Å². The van der Waals surface area contributed by atoms with Crippen molar-refractivity contribution in [3.63, 3.8) is 0 Å². The van der Waals surface area contributed by atoms with Gasteiger partial charge in [-0.3, -0.25) is 4.79 Å². The number of carboxylic acids is 1. The molecule has 1 aliphatic carbocycles. The Kier molecular flexibility index (Phi) is 2.42. The number of rotatable bonds is 3. The van der Waals surface area contributed by atoms with Crippen LogP contribution in [0.5, 0.6) is 0 Å². The van der Waals surface area contributed by atoms with Crippen LogP contribution in [0.25, 0.3) is 0 Å². The first-order chi connectivity index (χ1) is 5.43. The molecule has 1 fully saturated rings. The lowest BCUT2D eigenvalue weighted by molar-refractivity contribution is -0.140. The highest BCUT2D eigenvalue weighted by atomic mass is 16.4. The fourth-order valence-corrected chi connectivity index (χ4v) is 1.90. The van der Waals surface area contributed by atoms with Crippen molar-refractivity contribution >= 4 is 5.97 Å². The van der Waals surface area contributed by atoms with Crippen LogP contribution in [0.15, 0.2) is 0 Å². The minimum Gasteiger partial charge on any atom is -0.481 e. The Bertz CT molecular complexity index is 183. The maximum Gasteiger partial charge on any atom is 0.305 e. The highest BCUT2D eigenvalue weighted by Gasteiger charge is 2.43. The van der Waals surface area contributed by atoms with E-state index in [0.717, 1.165) is 12.8 Å². The number of nitrogens with two attached hydrogens (primary N) is 1. The number of hydrogen-bond donors (Lipinski definition) is 2. The van der Waals surface area contributed by atoms with Crippen LogP contribution in [-0.2, 0) is 4.79 Å². The Morgan fingerprint density at radius 1 is 1.67 bits per heavy atom. The highest BCUT2D eigenvalue weighted by molar-refractivity contribution is 5.68. The molecule has 0 aromatic heterocycles. The molecule has 0 heterocycles. The van der Waals surface area contributed by atoms with Crippen molar-refractivity contribution < 1.29 is 9.90 Å². The first-order valence-corrected chi connectivity index (χ1v) is 4.44. The van der Waals surface area contributed by atoms with Gasteiger partial charge in [-0.15, -0.1) is 0 Å². The Labute approximate surface area is 72.9 Å². The first-order valence-electron chi connectivity index (χ1n) is 4.44. The van der Waals surface area contributed by atoms with Crippen LogP contribution >= 0.6 is 0 Å². The summed E-state index contributed by atoms with van der Waals surface area (Å²) in [6, 6.07) is 0. The third kappa shape index (κ3) is 1.97. The normalized spacial score (nSPS) is 34.8. The lowest BCUT2D eigenvalue weighted by Gasteiger charge is -2.46. The van der Waals surface area contributed by atoms with E-state index in [1.807, 2.05) is 0 Å². The SMILES string of the molecule is CC(C)C1CC(N)(CC(=O)O)C1. The predicted octanol–water partition coefficient (Wildman–Crippen LogP) is 1.22. The summed E-state index contributed by atoms with van der Waals surface area (Å²) < 4.78 is 0. The molecule has 3 N–H and O–H groups in total. The van der Waals surface area contributed by atoms with Gasteiger partial charge >= 0.3 is 5.97 Å². The standard InChI is InChI=1S/C9H17NO2/c1-6(2)7-3-9(10,4-7)5-8(11)12/h6-7H,3-5,10H2,1-2H3,(H,11,12). The van der Waals surface area contributed by atoms with Gasteiger partial charge < -0.3 is 10.8 Å². The average Bonchev–Trinajstić information content (AvgIpc) is 1.80. The molecule has 3 nitrogen and oxygen atoms in total. The van der Waals surface area contributed by atoms with Gasteiger partial charge in [0.15, 0.2) is 0 Å². The minimum atomic E-state index is -0.778. The molecule has 12 heavy (non-hydrogen) atoms. The third-order valence-corrected chi connectivity index (χ3v) is 2.78. The van der Waals surface area contributed by atoms with Crippen LogP contribution in [0.2, 0.25) is 0 Å². The molecule has 0 aliphatic heterocycles. The molecule has 0 radical (unpaired) electrons. The molecule has 1 aliphatic rings. The lowest BCUT2D eigenvalue weighted by atomic mass is 9.63. The predicted molar refractivity (Wildman–Crippen MR) is 46.7 cm³/mol. The molecule has 3 heteroatoms. The molecular weight excluding hydrogens is 154 g/mol. The number of carboxylic acid groups (broad SMARTS) is 1. The van der Waals surface area contributed by atoms with Crippen LogP contribution in [0.1, 0.15) is 33.1 Å². The summed E-state index contributed by atoms with van der Waals surface area (Å²) in [5.41, 5.74) is 5.45. The van der Waals surface area contributed by atoms with E-state index in [-0.39, 0.29) is 6.42 Å². The second-order valence-corrected chi connectivity index (χ2v) is 4.35. The van der Waals surface area contributed by atoms with Crippen LogP contribution < -0.4 is 5.73 Å². The van der Waals surface area contributed by atoms with Crippen molar-refractivity contribution in [1.29, 1.82) is 0 Å². The molecule has 0 aromatic carbocycles. The van der Waals surface area contributed by atoms with Crippen LogP contribution in [0.4, 0.5) is 0 Å². The molecule has 0 unspecified atom stereocenters. The van der Waals surface area contributed by atoms with Gasteiger partial charge in [0, 0.05) is 5.54 Å². The molecule has 70 valence electrons. The summed E-state index contributed by atoms with van der Waals surface area (Å²) >= 11 is 0. The number of hydrogen-bond acceptors (Lipinski definition) is 2. The second kappa shape index (κ2) is 3.05. The summed E-state index contributed by atoms with van der Waals surface area (Å²) in [4.78, 5) is 10.4. The van der Waals surface area contributed by atoms with Crippen molar-refractivity contribution in [2.45, 2.75) is 38.6 Å². The number of aliphatic carboxylic acids is 1. The van der Waals surface area contributed by atoms with E-state index in [9.17, 15) is 4.79 Å². The molecule has 1 saturated carbocycles. The van der Waals surface area contributed by atoms with Gasteiger partial charge in [-0.2, -0.15) is 0 Å². The van der Waals surface area contributed by atoms with Gasteiger partial charge in [0.2, 0.25) is 0 Å². The summed E-state index contributed by atoms with van der Waals surface area (Å²) in [5, 5.41) is 8.56. The van der Waals surface area contributed by atoms with Crippen LogP contribution in [0, 0.1) is 11.8 Å². The van der Waals surface area contributed by atoms with E-state index in [4.69, 9.17) is 10.8 Å². The Hall–Kier alpha value is -0.570. The quantitative estimate of drug-likeness (QED) is 0.671. The summed E-state index contributed by atoms with van der Waals surface area (Å²) in [6.45, 7) is 4.32. The maximum absolute atomic E-state index is 10.4. The maximum atomic E-state index is 10.4. The van der Waals surface area contributed by atoms with Crippen molar-refractivity contribution in [3.05, 3.63) is 0 Å². The zero-order chi connectivity index (χ0) is 9.35. The molecule has 0 atom stereocenters. The summed E-state index contributed by atoms with van der Waals surface area (Å²) in [6.07, 6.45) is 1.87.